The SMILES string of the molecule is C[C@H](OC(=O)COc1ccc(Cl)cc1Cl)C(=O)Nc1cccc(C#N)c1. The second-order valence-corrected chi connectivity index (χ2v) is 6.02. The highest BCUT2D eigenvalue weighted by Gasteiger charge is 2.18. The summed E-state index contributed by atoms with van der Waals surface area (Å²) in [6.45, 7) is 1.01. The van der Waals surface area contributed by atoms with Crippen LogP contribution in [-0.4, -0.2) is 24.6 Å². The Balaban J connectivity index is 1.85. The fraction of sp³-hybridized carbons (Fsp3) is 0.167. The van der Waals surface area contributed by atoms with Crippen LogP contribution in [0.5, 0.6) is 5.75 Å². The van der Waals surface area contributed by atoms with Crippen LogP contribution in [0.3, 0.4) is 0 Å². The normalized spacial score (nSPS) is 11.2. The Labute approximate surface area is 160 Å². The molecular formula is C18H14Cl2N2O4. The van der Waals surface area contributed by atoms with Crippen molar-refractivity contribution in [2.24, 2.45) is 0 Å². The summed E-state index contributed by atoms with van der Waals surface area (Å²) < 4.78 is 10.3. The monoisotopic (exact) mass is 392 g/mol. The zero-order valence-electron chi connectivity index (χ0n) is 13.7. The molecule has 1 N–H and O–H groups in total. The van der Waals surface area contributed by atoms with Gasteiger partial charge in [-0.15, -0.1) is 0 Å². The van der Waals surface area contributed by atoms with Gasteiger partial charge in [0.1, 0.15) is 5.75 Å². The maximum atomic E-state index is 12.1. The average molecular weight is 393 g/mol. The summed E-state index contributed by atoms with van der Waals surface area (Å²) in [5.41, 5.74) is 0.835. The van der Waals surface area contributed by atoms with Crippen LogP contribution in [-0.2, 0) is 14.3 Å². The highest BCUT2D eigenvalue weighted by atomic mass is 35.5. The fourth-order valence-corrected chi connectivity index (χ4v) is 2.39. The minimum atomic E-state index is -1.04. The van der Waals surface area contributed by atoms with E-state index in [-0.39, 0.29) is 10.8 Å². The molecule has 0 radical (unpaired) electrons. The predicted octanol–water partition coefficient (Wildman–Crippen LogP) is 3.81. The number of nitriles is 1. The van der Waals surface area contributed by atoms with Gasteiger partial charge in [0.15, 0.2) is 12.7 Å². The van der Waals surface area contributed by atoms with Crippen molar-refractivity contribution in [1.82, 2.24) is 0 Å². The first kappa shape index (κ1) is 19.6. The Hall–Kier alpha value is -2.75. The summed E-state index contributed by atoms with van der Waals surface area (Å²) in [5, 5.41) is 12.1. The molecule has 0 aliphatic rings. The van der Waals surface area contributed by atoms with Crippen molar-refractivity contribution >= 4 is 40.8 Å². The zero-order chi connectivity index (χ0) is 19.1. The number of rotatable bonds is 6. The summed E-state index contributed by atoms with van der Waals surface area (Å²) in [6.07, 6.45) is -1.04. The van der Waals surface area contributed by atoms with Crippen LogP contribution < -0.4 is 10.1 Å². The fourth-order valence-electron chi connectivity index (χ4n) is 1.92. The molecule has 134 valence electrons. The summed E-state index contributed by atoms with van der Waals surface area (Å²) >= 11 is 11.7. The number of nitrogens with zero attached hydrogens (tertiary/aromatic N) is 1. The minimum Gasteiger partial charge on any atom is -0.480 e. The molecule has 6 nitrogen and oxygen atoms in total. The van der Waals surface area contributed by atoms with E-state index in [4.69, 9.17) is 37.9 Å². The van der Waals surface area contributed by atoms with E-state index >= 15 is 0 Å². The summed E-state index contributed by atoms with van der Waals surface area (Å²) in [6, 6.07) is 12.9. The zero-order valence-corrected chi connectivity index (χ0v) is 15.2. The van der Waals surface area contributed by atoms with E-state index in [1.807, 2.05) is 6.07 Å². The molecule has 0 fully saturated rings. The molecule has 0 saturated carbocycles. The molecule has 0 saturated heterocycles. The molecule has 0 aromatic heterocycles. The van der Waals surface area contributed by atoms with Crippen LogP contribution >= 0.6 is 23.2 Å². The highest BCUT2D eigenvalue weighted by Crippen LogP contribution is 2.27. The number of ether oxygens (including phenoxy) is 2. The lowest BCUT2D eigenvalue weighted by Crippen LogP contribution is -2.31. The van der Waals surface area contributed by atoms with Crippen LogP contribution in [0.1, 0.15) is 12.5 Å². The van der Waals surface area contributed by atoms with Crippen LogP contribution in [0.4, 0.5) is 5.69 Å². The second kappa shape index (κ2) is 9.09. The van der Waals surface area contributed by atoms with Crippen LogP contribution in [0.25, 0.3) is 0 Å². The molecule has 0 unspecified atom stereocenters. The third-order valence-electron chi connectivity index (χ3n) is 3.18. The average Bonchev–Trinajstić information content (AvgIpc) is 2.61. The van der Waals surface area contributed by atoms with E-state index in [0.29, 0.717) is 16.3 Å². The van der Waals surface area contributed by atoms with Gasteiger partial charge < -0.3 is 14.8 Å². The summed E-state index contributed by atoms with van der Waals surface area (Å²) in [5.74, 6) is -0.985. The summed E-state index contributed by atoms with van der Waals surface area (Å²) in [4.78, 5) is 23.9. The van der Waals surface area contributed by atoms with E-state index in [0.717, 1.165) is 0 Å². The van der Waals surface area contributed by atoms with Gasteiger partial charge in [0.25, 0.3) is 5.91 Å². The molecule has 8 heteroatoms. The molecule has 0 aliphatic heterocycles. The first-order valence-corrected chi connectivity index (χ1v) is 8.23. The van der Waals surface area contributed by atoms with E-state index < -0.39 is 24.6 Å². The van der Waals surface area contributed by atoms with Crippen LogP contribution in [0.2, 0.25) is 10.0 Å². The van der Waals surface area contributed by atoms with Gasteiger partial charge in [0, 0.05) is 10.7 Å². The lowest BCUT2D eigenvalue weighted by Gasteiger charge is -2.14. The molecule has 26 heavy (non-hydrogen) atoms. The Morgan fingerprint density at radius 2 is 2.00 bits per heavy atom. The smallest absolute Gasteiger partial charge is 0.344 e. The first-order valence-electron chi connectivity index (χ1n) is 7.47. The molecule has 0 bridgehead atoms. The third kappa shape index (κ3) is 5.66. The van der Waals surface area contributed by atoms with Crippen molar-refractivity contribution in [2.45, 2.75) is 13.0 Å². The number of amides is 1. The van der Waals surface area contributed by atoms with Crippen molar-refractivity contribution in [3.05, 3.63) is 58.1 Å². The van der Waals surface area contributed by atoms with Gasteiger partial charge in [-0.2, -0.15) is 5.26 Å². The first-order chi connectivity index (χ1) is 12.4. The van der Waals surface area contributed by atoms with E-state index in [2.05, 4.69) is 5.32 Å². The molecule has 1 amide bonds. The summed E-state index contributed by atoms with van der Waals surface area (Å²) in [7, 11) is 0. The molecule has 2 rings (SSSR count). The Morgan fingerprint density at radius 3 is 2.69 bits per heavy atom. The van der Waals surface area contributed by atoms with Crippen molar-refractivity contribution < 1.29 is 19.1 Å². The van der Waals surface area contributed by atoms with E-state index in [1.54, 1.807) is 24.3 Å². The van der Waals surface area contributed by atoms with Crippen molar-refractivity contribution in [2.75, 3.05) is 11.9 Å². The minimum absolute atomic E-state index is 0.258. The quantitative estimate of drug-likeness (QED) is 0.754. The van der Waals surface area contributed by atoms with E-state index in [1.165, 1.54) is 25.1 Å². The molecule has 2 aromatic carbocycles. The van der Waals surface area contributed by atoms with Gasteiger partial charge >= 0.3 is 5.97 Å². The van der Waals surface area contributed by atoms with Gasteiger partial charge in [-0.3, -0.25) is 4.79 Å². The Morgan fingerprint density at radius 1 is 1.23 bits per heavy atom. The molecule has 1 atom stereocenters. The Bertz CT molecular complexity index is 865. The van der Waals surface area contributed by atoms with Crippen molar-refractivity contribution in [1.29, 1.82) is 5.26 Å². The van der Waals surface area contributed by atoms with Gasteiger partial charge in [0.2, 0.25) is 0 Å². The number of carbonyl (C=O) groups is 2. The maximum absolute atomic E-state index is 12.1. The van der Waals surface area contributed by atoms with Crippen molar-refractivity contribution in [3.8, 4) is 11.8 Å². The number of anilines is 1. The number of hydrogen-bond donors (Lipinski definition) is 1. The van der Waals surface area contributed by atoms with Gasteiger partial charge in [-0.1, -0.05) is 29.3 Å². The number of esters is 1. The molecule has 0 heterocycles. The van der Waals surface area contributed by atoms with Gasteiger partial charge in [0.05, 0.1) is 16.7 Å². The standard InChI is InChI=1S/C18H14Cl2N2O4/c1-11(18(24)22-14-4-2-3-12(7-14)9-21)26-17(23)10-25-16-6-5-13(19)8-15(16)20/h2-8,11H,10H2,1H3,(H,22,24)/t11-/m0/s1. The highest BCUT2D eigenvalue weighted by molar-refractivity contribution is 6.35. The number of halogens is 2. The lowest BCUT2D eigenvalue weighted by molar-refractivity contribution is -0.155. The molecule has 0 spiro atoms. The van der Waals surface area contributed by atoms with Gasteiger partial charge in [-0.25, -0.2) is 4.79 Å². The molecule has 0 aliphatic carbocycles. The second-order valence-electron chi connectivity index (χ2n) is 5.18. The van der Waals surface area contributed by atoms with Crippen LogP contribution in [0.15, 0.2) is 42.5 Å². The topological polar surface area (TPSA) is 88.4 Å². The number of hydrogen-bond acceptors (Lipinski definition) is 5. The number of benzene rings is 2. The lowest BCUT2D eigenvalue weighted by atomic mass is 10.2. The molecule has 2 aromatic rings. The number of carbonyl (C=O) groups excluding carboxylic acids is 2. The molecular weight excluding hydrogens is 379 g/mol. The van der Waals surface area contributed by atoms with Crippen LogP contribution in [0, 0.1) is 11.3 Å². The predicted molar refractivity (Wildman–Crippen MR) is 97.3 cm³/mol. The number of nitrogens with one attached hydrogen (secondary N) is 1. The maximum Gasteiger partial charge on any atom is 0.344 e. The largest absolute Gasteiger partial charge is 0.480 e. The Kier molecular flexibility index (Phi) is 6.84. The third-order valence-corrected chi connectivity index (χ3v) is 3.71. The van der Waals surface area contributed by atoms with E-state index in [9.17, 15) is 9.59 Å². The van der Waals surface area contributed by atoms with Gasteiger partial charge in [-0.05, 0) is 43.3 Å². The van der Waals surface area contributed by atoms with Crippen molar-refractivity contribution in [3.63, 3.8) is 0 Å².